The third-order valence-corrected chi connectivity index (χ3v) is 4.91. The fourth-order valence-electron chi connectivity index (χ4n) is 3.07. The fraction of sp³-hybridized carbons (Fsp3) is 0. The highest BCUT2D eigenvalue weighted by molar-refractivity contribution is 9.10. The van der Waals surface area contributed by atoms with Gasteiger partial charge in [-0.3, -0.25) is 19.5 Å². The van der Waals surface area contributed by atoms with Crippen LogP contribution in [0.5, 0.6) is 0 Å². The zero-order valence-corrected chi connectivity index (χ0v) is 16.6. The zero-order valence-electron chi connectivity index (χ0n) is 15.0. The first-order valence-corrected chi connectivity index (χ1v) is 9.53. The highest BCUT2D eigenvalue weighted by Gasteiger charge is 2.13. The van der Waals surface area contributed by atoms with E-state index < -0.39 is 4.92 Å². The Morgan fingerprint density at radius 3 is 2.45 bits per heavy atom. The molecule has 0 aliphatic heterocycles. The highest BCUT2D eigenvalue weighted by atomic mass is 79.9. The van der Waals surface area contributed by atoms with Crippen LogP contribution < -0.4 is 5.56 Å². The van der Waals surface area contributed by atoms with Crippen molar-refractivity contribution >= 4 is 44.7 Å². The number of nitrogens with zero attached hydrogens (tertiary/aromatic N) is 3. The van der Waals surface area contributed by atoms with E-state index in [-0.39, 0.29) is 11.2 Å². The molecule has 0 aliphatic carbocycles. The number of hydrogen-bond acceptors (Lipinski definition) is 4. The van der Waals surface area contributed by atoms with Gasteiger partial charge in [0.15, 0.2) is 0 Å². The van der Waals surface area contributed by atoms with E-state index in [2.05, 4.69) is 20.9 Å². The van der Waals surface area contributed by atoms with Crippen LogP contribution in [0, 0.1) is 10.1 Å². The van der Waals surface area contributed by atoms with E-state index in [0.29, 0.717) is 28.0 Å². The first-order valence-electron chi connectivity index (χ1n) is 8.74. The van der Waals surface area contributed by atoms with Gasteiger partial charge < -0.3 is 0 Å². The lowest BCUT2D eigenvalue weighted by Crippen LogP contribution is -2.22. The molecule has 0 aliphatic rings. The number of rotatable bonds is 4. The van der Waals surface area contributed by atoms with E-state index in [1.807, 2.05) is 36.4 Å². The molecule has 1 aromatic heterocycles. The van der Waals surface area contributed by atoms with Crippen molar-refractivity contribution in [1.29, 1.82) is 0 Å². The van der Waals surface area contributed by atoms with E-state index in [9.17, 15) is 14.9 Å². The lowest BCUT2D eigenvalue weighted by atomic mass is 10.1. The average molecular weight is 448 g/mol. The molecule has 0 N–H and O–H groups in total. The number of hydrogen-bond donors (Lipinski definition) is 0. The summed E-state index contributed by atoms with van der Waals surface area (Å²) in [5.74, 6) is 0.383. The maximum atomic E-state index is 13.2. The normalized spacial score (nSPS) is 11.2. The average Bonchev–Trinajstić information content (AvgIpc) is 2.73. The van der Waals surface area contributed by atoms with Gasteiger partial charge in [-0.2, -0.15) is 0 Å². The van der Waals surface area contributed by atoms with Crippen LogP contribution >= 0.6 is 15.9 Å². The van der Waals surface area contributed by atoms with Gasteiger partial charge in [-0.05, 0) is 48.6 Å². The Labute approximate surface area is 174 Å². The minimum absolute atomic E-state index is 0.0120. The third-order valence-electron chi connectivity index (χ3n) is 4.42. The van der Waals surface area contributed by atoms with Crippen LogP contribution in [0.4, 0.5) is 5.69 Å². The van der Waals surface area contributed by atoms with E-state index in [4.69, 9.17) is 0 Å². The smallest absolute Gasteiger partial charge is 0.268 e. The molecular weight excluding hydrogens is 434 g/mol. The van der Waals surface area contributed by atoms with Gasteiger partial charge in [0.05, 0.1) is 27.1 Å². The number of para-hydroxylation sites is 2. The molecule has 0 amide bonds. The van der Waals surface area contributed by atoms with Crippen molar-refractivity contribution in [2.75, 3.05) is 0 Å². The lowest BCUT2D eigenvalue weighted by Gasteiger charge is -2.11. The molecule has 0 radical (unpaired) electrons. The van der Waals surface area contributed by atoms with Gasteiger partial charge in [0, 0.05) is 10.5 Å². The van der Waals surface area contributed by atoms with E-state index in [0.717, 1.165) is 4.47 Å². The first kappa shape index (κ1) is 18.8. The standard InChI is InChI=1S/C22H14BrN3O3/c23-16-11-12-19-18(14-16)22(27)25(17-7-2-1-3-8-17)21(24-19)13-10-15-6-4-5-9-20(15)26(28)29/h1-14H. The second-order valence-corrected chi connectivity index (χ2v) is 7.17. The molecule has 0 saturated heterocycles. The molecule has 4 rings (SSSR count). The van der Waals surface area contributed by atoms with Gasteiger partial charge >= 0.3 is 0 Å². The molecule has 0 bridgehead atoms. The van der Waals surface area contributed by atoms with Crippen LogP contribution in [-0.4, -0.2) is 14.5 Å². The zero-order chi connectivity index (χ0) is 20.4. The van der Waals surface area contributed by atoms with Crippen LogP contribution in [0.15, 0.2) is 82.1 Å². The van der Waals surface area contributed by atoms with Crippen molar-refractivity contribution in [2.45, 2.75) is 0 Å². The summed E-state index contributed by atoms with van der Waals surface area (Å²) >= 11 is 3.39. The Kier molecular flexibility index (Phi) is 5.05. The molecule has 0 atom stereocenters. The lowest BCUT2D eigenvalue weighted by molar-refractivity contribution is -0.385. The minimum atomic E-state index is -0.435. The maximum absolute atomic E-state index is 13.2. The van der Waals surface area contributed by atoms with Crippen LogP contribution in [0.25, 0.3) is 28.7 Å². The molecule has 1 heterocycles. The van der Waals surface area contributed by atoms with Gasteiger partial charge in [-0.15, -0.1) is 0 Å². The number of nitro groups is 1. The maximum Gasteiger partial charge on any atom is 0.276 e. The molecule has 0 spiro atoms. The topological polar surface area (TPSA) is 78.0 Å². The number of halogens is 1. The molecule has 0 saturated carbocycles. The molecule has 0 unspecified atom stereocenters. The third kappa shape index (κ3) is 3.72. The fourth-order valence-corrected chi connectivity index (χ4v) is 3.43. The Hall–Kier alpha value is -3.58. The van der Waals surface area contributed by atoms with Crippen molar-refractivity contribution in [1.82, 2.24) is 9.55 Å². The van der Waals surface area contributed by atoms with Crippen molar-refractivity contribution < 1.29 is 4.92 Å². The summed E-state index contributed by atoms with van der Waals surface area (Å²) in [4.78, 5) is 28.7. The minimum Gasteiger partial charge on any atom is -0.268 e. The monoisotopic (exact) mass is 447 g/mol. The predicted molar refractivity (Wildman–Crippen MR) is 117 cm³/mol. The van der Waals surface area contributed by atoms with Crippen molar-refractivity contribution in [3.8, 4) is 5.69 Å². The quantitative estimate of drug-likeness (QED) is 0.317. The number of nitro benzene ring substituents is 1. The number of aromatic nitrogens is 2. The van der Waals surface area contributed by atoms with Gasteiger partial charge in [-0.1, -0.05) is 46.3 Å². The van der Waals surface area contributed by atoms with Crippen LogP contribution in [-0.2, 0) is 0 Å². The molecule has 6 nitrogen and oxygen atoms in total. The second-order valence-electron chi connectivity index (χ2n) is 6.26. The van der Waals surface area contributed by atoms with E-state index >= 15 is 0 Å². The summed E-state index contributed by atoms with van der Waals surface area (Å²) in [7, 11) is 0. The van der Waals surface area contributed by atoms with Gasteiger partial charge in [-0.25, -0.2) is 4.98 Å². The first-order chi connectivity index (χ1) is 14.0. The molecule has 7 heteroatoms. The van der Waals surface area contributed by atoms with Crippen LogP contribution in [0.3, 0.4) is 0 Å². The van der Waals surface area contributed by atoms with E-state index in [1.54, 1.807) is 42.5 Å². The Bertz CT molecular complexity index is 1310. The largest absolute Gasteiger partial charge is 0.276 e. The second kappa shape index (κ2) is 7.81. The van der Waals surface area contributed by atoms with Crippen molar-refractivity contribution in [2.24, 2.45) is 0 Å². The number of benzene rings is 3. The van der Waals surface area contributed by atoms with Crippen molar-refractivity contribution in [3.63, 3.8) is 0 Å². The van der Waals surface area contributed by atoms with E-state index in [1.165, 1.54) is 10.6 Å². The van der Waals surface area contributed by atoms with Gasteiger partial charge in [0.25, 0.3) is 11.2 Å². The summed E-state index contributed by atoms with van der Waals surface area (Å²) in [6.07, 6.45) is 3.22. The van der Waals surface area contributed by atoms with Crippen LogP contribution in [0.1, 0.15) is 11.4 Å². The molecule has 3 aromatic carbocycles. The summed E-state index contributed by atoms with van der Waals surface area (Å²) < 4.78 is 2.28. The molecule has 142 valence electrons. The summed E-state index contributed by atoms with van der Waals surface area (Å²) in [5.41, 5.74) is 1.41. The molecule has 29 heavy (non-hydrogen) atoms. The summed E-state index contributed by atoms with van der Waals surface area (Å²) in [6.45, 7) is 0. The predicted octanol–water partition coefficient (Wildman–Crippen LogP) is 5.23. The summed E-state index contributed by atoms with van der Waals surface area (Å²) in [5, 5.41) is 11.8. The Morgan fingerprint density at radius 1 is 0.966 bits per heavy atom. The van der Waals surface area contributed by atoms with Gasteiger partial charge in [0.2, 0.25) is 0 Å². The number of fused-ring (bicyclic) bond motifs is 1. The van der Waals surface area contributed by atoms with Crippen LogP contribution in [0.2, 0.25) is 0 Å². The molecular formula is C22H14BrN3O3. The summed E-state index contributed by atoms with van der Waals surface area (Å²) in [6, 6.07) is 20.9. The SMILES string of the molecule is O=c1c2cc(Br)ccc2nc(C=Cc2ccccc2[N+](=O)[O-])n1-c1ccccc1. The Morgan fingerprint density at radius 2 is 1.69 bits per heavy atom. The Balaban J connectivity index is 1.96. The highest BCUT2D eigenvalue weighted by Crippen LogP contribution is 2.22. The molecule has 0 fully saturated rings. The van der Waals surface area contributed by atoms with Crippen molar-refractivity contribution in [3.05, 3.63) is 109 Å². The molecule has 4 aromatic rings. The van der Waals surface area contributed by atoms with Gasteiger partial charge in [0.1, 0.15) is 5.82 Å².